The molecule has 0 unspecified atom stereocenters. The summed E-state index contributed by atoms with van der Waals surface area (Å²) in [5.74, 6) is 1.91. The van der Waals surface area contributed by atoms with Gasteiger partial charge in [-0.25, -0.2) is 0 Å². The van der Waals surface area contributed by atoms with E-state index < -0.39 is 0 Å². The van der Waals surface area contributed by atoms with Crippen molar-refractivity contribution in [3.63, 3.8) is 0 Å². The lowest BCUT2D eigenvalue weighted by Crippen LogP contribution is -2.34. The van der Waals surface area contributed by atoms with E-state index in [0.717, 1.165) is 22.3 Å². The van der Waals surface area contributed by atoms with Crippen LogP contribution in [0.15, 0.2) is 50.1 Å². The molecule has 1 aromatic heterocycles. The average Bonchev–Trinajstić information content (AvgIpc) is 2.70. The van der Waals surface area contributed by atoms with Crippen molar-refractivity contribution in [3.05, 3.63) is 62.4 Å². The summed E-state index contributed by atoms with van der Waals surface area (Å²) in [5, 5.41) is 0.476. The number of benzene rings is 2. The van der Waals surface area contributed by atoms with Crippen molar-refractivity contribution in [2.45, 2.75) is 13.5 Å². The van der Waals surface area contributed by atoms with Crippen LogP contribution in [0.4, 0.5) is 0 Å². The van der Waals surface area contributed by atoms with Gasteiger partial charge >= 0.3 is 0 Å². The molecule has 4 rings (SSSR count). The molecule has 0 spiro atoms. The Bertz CT molecular complexity index is 1080. The molecule has 146 valence electrons. The third-order valence-electron chi connectivity index (χ3n) is 4.69. The number of para-hydroxylation sites is 1. The van der Waals surface area contributed by atoms with Gasteiger partial charge in [0.1, 0.15) is 29.6 Å². The Balaban J connectivity index is 1.77. The van der Waals surface area contributed by atoms with Crippen LogP contribution in [-0.2, 0) is 11.3 Å². The molecular weight excluding hydrogens is 426 g/mol. The number of hydrogen-bond donors (Lipinski definition) is 0. The molecule has 2 heterocycles. The summed E-state index contributed by atoms with van der Waals surface area (Å²) in [6, 6.07) is 10.9. The van der Waals surface area contributed by atoms with Gasteiger partial charge in [-0.2, -0.15) is 0 Å². The van der Waals surface area contributed by atoms with E-state index in [1.54, 1.807) is 26.2 Å². The highest BCUT2D eigenvalue weighted by Gasteiger charge is 2.24. The highest BCUT2D eigenvalue weighted by Crippen LogP contribution is 2.35. The lowest BCUT2D eigenvalue weighted by Gasteiger charge is -2.29. The maximum atomic E-state index is 13.1. The summed E-state index contributed by atoms with van der Waals surface area (Å²) in [6.07, 6.45) is 0. The molecule has 0 fully saturated rings. The number of fused-ring (bicyclic) bond motifs is 3. The lowest BCUT2D eigenvalue weighted by atomic mass is 10.1. The van der Waals surface area contributed by atoms with Gasteiger partial charge in [0.05, 0.1) is 22.0 Å². The minimum Gasteiger partial charge on any atom is -0.478 e. The molecule has 0 amide bonds. The van der Waals surface area contributed by atoms with Crippen molar-refractivity contribution in [1.29, 1.82) is 0 Å². The molecule has 28 heavy (non-hydrogen) atoms. The first-order valence-corrected chi connectivity index (χ1v) is 9.73. The second-order valence-electron chi connectivity index (χ2n) is 6.59. The Morgan fingerprint density at radius 3 is 2.82 bits per heavy atom. The van der Waals surface area contributed by atoms with Gasteiger partial charge in [0.15, 0.2) is 0 Å². The van der Waals surface area contributed by atoms with Gasteiger partial charge in [0.25, 0.3) is 0 Å². The van der Waals surface area contributed by atoms with Crippen molar-refractivity contribution in [2.24, 2.45) is 0 Å². The summed E-state index contributed by atoms with van der Waals surface area (Å²) < 4.78 is 23.7. The predicted octanol–water partition coefficient (Wildman–Crippen LogP) is 4.45. The first kappa shape index (κ1) is 19.0. The number of methoxy groups -OCH3 is 1. The van der Waals surface area contributed by atoms with Crippen LogP contribution in [0.5, 0.6) is 17.2 Å². The molecule has 1 aliphatic rings. The zero-order valence-electron chi connectivity index (χ0n) is 15.7. The molecule has 0 aliphatic carbocycles. The topological polar surface area (TPSA) is 61.1 Å². The van der Waals surface area contributed by atoms with E-state index in [1.807, 2.05) is 24.3 Å². The summed E-state index contributed by atoms with van der Waals surface area (Å²) >= 11 is 3.44. The van der Waals surface area contributed by atoms with E-state index in [4.69, 9.17) is 18.6 Å². The highest BCUT2D eigenvalue weighted by atomic mass is 79.9. The predicted molar refractivity (Wildman–Crippen MR) is 109 cm³/mol. The standard InChI is InChI=1S/C21H20BrNO5/c1-13-20(28-18-6-4-3-5-16(18)22)19(24)14-7-8-17-15(21(14)27-13)11-23(12-26-17)9-10-25-2/h3-8H,9-12H2,1-2H3. The van der Waals surface area contributed by atoms with Gasteiger partial charge in [0, 0.05) is 20.2 Å². The molecule has 3 aromatic rings. The van der Waals surface area contributed by atoms with Crippen molar-refractivity contribution in [3.8, 4) is 17.2 Å². The average molecular weight is 446 g/mol. The third-order valence-corrected chi connectivity index (χ3v) is 5.34. The Kier molecular flexibility index (Phi) is 5.39. The first-order valence-electron chi connectivity index (χ1n) is 8.94. The number of hydrogen-bond acceptors (Lipinski definition) is 6. The summed E-state index contributed by atoms with van der Waals surface area (Å²) in [7, 11) is 1.67. The van der Waals surface area contributed by atoms with Crippen LogP contribution in [0.25, 0.3) is 11.0 Å². The number of rotatable bonds is 5. The van der Waals surface area contributed by atoms with E-state index >= 15 is 0 Å². The Labute approximate surface area is 170 Å². The van der Waals surface area contributed by atoms with E-state index in [2.05, 4.69) is 20.8 Å². The summed E-state index contributed by atoms with van der Waals surface area (Å²) in [5.41, 5.74) is 1.21. The largest absolute Gasteiger partial charge is 0.478 e. The minimum atomic E-state index is -0.202. The van der Waals surface area contributed by atoms with Gasteiger partial charge in [-0.15, -0.1) is 0 Å². The van der Waals surface area contributed by atoms with Crippen LogP contribution in [0.2, 0.25) is 0 Å². The Morgan fingerprint density at radius 1 is 1.21 bits per heavy atom. The van der Waals surface area contributed by atoms with Crippen LogP contribution in [0.3, 0.4) is 0 Å². The number of ether oxygens (including phenoxy) is 3. The van der Waals surface area contributed by atoms with E-state index in [9.17, 15) is 4.79 Å². The van der Waals surface area contributed by atoms with Crippen LogP contribution < -0.4 is 14.9 Å². The number of halogens is 1. The lowest BCUT2D eigenvalue weighted by molar-refractivity contribution is 0.0658. The normalized spacial score (nSPS) is 14.0. The summed E-state index contributed by atoms with van der Waals surface area (Å²) in [6.45, 7) is 4.19. The van der Waals surface area contributed by atoms with E-state index in [-0.39, 0.29) is 11.2 Å². The van der Waals surface area contributed by atoms with Gasteiger partial charge in [0.2, 0.25) is 11.2 Å². The quantitative estimate of drug-likeness (QED) is 0.577. The van der Waals surface area contributed by atoms with Gasteiger partial charge in [-0.1, -0.05) is 12.1 Å². The molecule has 0 radical (unpaired) electrons. The second-order valence-corrected chi connectivity index (χ2v) is 7.44. The first-order chi connectivity index (χ1) is 13.6. The fourth-order valence-corrected chi connectivity index (χ4v) is 3.59. The molecule has 0 N–H and O–H groups in total. The molecule has 0 saturated heterocycles. The van der Waals surface area contributed by atoms with Crippen LogP contribution in [0.1, 0.15) is 11.3 Å². The minimum absolute atomic E-state index is 0.187. The zero-order chi connectivity index (χ0) is 19.7. The molecule has 0 saturated carbocycles. The maximum Gasteiger partial charge on any atom is 0.235 e. The zero-order valence-corrected chi connectivity index (χ0v) is 17.2. The summed E-state index contributed by atoms with van der Waals surface area (Å²) in [4.78, 5) is 15.2. The van der Waals surface area contributed by atoms with Crippen molar-refractivity contribution in [2.75, 3.05) is 27.0 Å². The molecule has 0 atom stereocenters. The van der Waals surface area contributed by atoms with Crippen LogP contribution >= 0.6 is 15.9 Å². The second kappa shape index (κ2) is 7.95. The van der Waals surface area contributed by atoms with Crippen LogP contribution in [0, 0.1) is 6.92 Å². The molecular formula is C21H20BrNO5. The highest BCUT2D eigenvalue weighted by molar-refractivity contribution is 9.10. The fraction of sp³-hybridized carbons (Fsp3) is 0.286. The SMILES string of the molecule is COCCN1COc2ccc3c(=O)c(Oc4ccccc4Br)c(C)oc3c2C1. The molecule has 0 bridgehead atoms. The van der Waals surface area contributed by atoms with Crippen molar-refractivity contribution < 1.29 is 18.6 Å². The molecule has 2 aromatic carbocycles. The van der Waals surface area contributed by atoms with Gasteiger partial charge in [-0.05, 0) is 47.1 Å². The Morgan fingerprint density at radius 2 is 2.04 bits per heavy atom. The maximum absolute atomic E-state index is 13.1. The third kappa shape index (κ3) is 3.53. The number of nitrogens with zero attached hydrogens (tertiary/aromatic N) is 1. The van der Waals surface area contributed by atoms with Gasteiger partial charge in [-0.3, -0.25) is 9.69 Å². The van der Waals surface area contributed by atoms with Crippen molar-refractivity contribution in [1.82, 2.24) is 4.90 Å². The Hall–Kier alpha value is -2.35. The smallest absolute Gasteiger partial charge is 0.235 e. The van der Waals surface area contributed by atoms with E-state index in [0.29, 0.717) is 42.4 Å². The number of aryl methyl sites for hydroxylation is 1. The fourth-order valence-electron chi connectivity index (χ4n) is 3.22. The molecule has 6 nitrogen and oxygen atoms in total. The van der Waals surface area contributed by atoms with Crippen LogP contribution in [-0.4, -0.2) is 31.9 Å². The van der Waals surface area contributed by atoms with Crippen molar-refractivity contribution >= 4 is 26.9 Å². The monoisotopic (exact) mass is 445 g/mol. The van der Waals surface area contributed by atoms with Gasteiger partial charge < -0.3 is 18.6 Å². The van der Waals surface area contributed by atoms with E-state index in [1.165, 1.54) is 0 Å². The molecule has 7 heteroatoms. The molecule has 1 aliphatic heterocycles.